The molecular formula is C13H17N3O4. The first kappa shape index (κ1) is 13.1. The Kier molecular flexibility index (Phi) is 3.42. The van der Waals surface area contributed by atoms with Crippen LogP contribution in [0.15, 0.2) is 9.21 Å². The molecule has 7 nitrogen and oxygen atoms in total. The molecule has 7 heteroatoms. The van der Waals surface area contributed by atoms with Gasteiger partial charge in [0, 0.05) is 38.3 Å². The van der Waals surface area contributed by atoms with Crippen LogP contribution in [0.5, 0.6) is 0 Å². The number of ketones is 1. The number of nitrogens with one attached hydrogen (secondary N) is 1. The molecule has 1 N–H and O–H groups in total. The van der Waals surface area contributed by atoms with Gasteiger partial charge in [-0.15, -0.1) is 5.10 Å². The van der Waals surface area contributed by atoms with Crippen LogP contribution in [0.3, 0.4) is 0 Å². The van der Waals surface area contributed by atoms with Gasteiger partial charge in [0.2, 0.25) is 11.8 Å². The lowest BCUT2D eigenvalue weighted by molar-refractivity contribution is -0.136. The topological polar surface area (TPSA) is 96.3 Å². The highest BCUT2D eigenvalue weighted by Crippen LogP contribution is 2.29. The van der Waals surface area contributed by atoms with E-state index in [1.165, 1.54) is 0 Å². The molecule has 0 spiro atoms. The van der Waals surface area contributed by atoms with E-state index in [1.807, 2.05) is 4.90 Å². The fourth-order valence-corrected chi connectivity index (χ4v) is 2.90. The summed E-state index contributed by atoms with van der Waals surface area (Å²) in [5, 5.41) is 6.10. The van der Waals surface area contributed by atoms with E-state index in [-0.39, 0.29) is 23.5 Å². The van der Waals surface area contributed by atoms with Crippen molar-refractivity contribution in [3.05, 3.63) is 16.4 Å². The van der Waals surface area contributed by atoms with Crippen LogP contribution >= 0.6 is 0 Å². The lowest BCUT2D eigenvalue weighted by atomic mass is 9.81. The van der Waals surface area contributed by atoms with E-state index in [0.717, 1.165) is 12.8 Å². The Balaban J connectivity index is 1.49. The van der Waals surface area contributed by atoms with Crippen molar-refractivity contribution in [1.29, 1.82) is 0 Å². The SMILES string of the molecule is O=C1CC(CC(=O)N2CCC(c3n[nH]c(=O)o3)CC2)C1. The van der Waals surface area contributed by atoms with Gasteiger partial charge in [0.25, 0.3) is 0 Å². The molecule has 2 aliphatic rings. The molecule has 0 bridgehead atoms. The molecule has 1 saturated carbocycles. The van der Waals surface area contributed by atoms with Crippen molar-refractivity contribution in [3.8, 4) is 0 Å². The molecule has 0 aromatic carbocycles. The van der Waals surface area contributed by atoms with Crippen LogP contribution in [0.25, 0.3) is 0 Å². The molecule has 1 aliphatic carbocycles. The van der Waals surface area contributed by atoms with Crippen molar-refractivity contribution >= 4 is 11.7 Å². The van der Waals surface area contributed by atoms with E-state index < -0.39 is 5.76 Å². The molecule has 1 saturated heterocycles. The maximum Gasteiger partial charge on any atom is 0.434 e. The minimum Gasteiger partial charge on any atom is -0.392 e. The van der Waals surface area contributed by atoms with Crippen molar-refractivity contribution in [2.24, 2.45) is 5.92 Å². The fraction of sp³-hybridized carbons (Fsp3) is 0.692. The standard InChI is InChI=1S/C13H17N3O4/c17-10-5-8(6-10)7-11(18)16-3-1-9(2-4-16)12-14-15-13(19)20-12/h8-9H,1-7H2,(H,15,19). The summed E-state index contributed by atoms with van der Waals surface area (Å²) in [6.07, 6.45) is 3.10. The van der Waals surface area contributed by atoms with E-state index in [2.05, 4.69) is 10.2 Å². The van der Waals surface area contributed by atoms with Gasteiger partial charge in [-0.3, -0.25) is 9.59 Å². The summed E-state index contributed by atoms with van der Waals surface area (Å²) in [4.78, 5) is 35.7. The number of hydrogen-bond donors (Lipinski definition) is 1. The van der Waals surface area contributed by atoms with E-state index in [0.29, 0.717) is 38.2 Å². The highest BCUT2D eigenvalue weighted by Gasteiger charge is 2.32. The van der Waals surface area contributed by atoms with Crippen LogP contribution in [-0.2, 0) is 9.59 Å². The van der Waals surface area contributed by atoms with E-state index in [9.17, 15) is 14.4 Å². The zero-order valence-corrected chi connectivity index (χ0v) is 11.1. The number of H-pyrrole nitrogens is 1. The molecule has 0 radical (unpaired) electrons. The number of likely N-dealkylation sites (tertiary alicyclic amines) is 1. The first-order valence-corrected chi connectivity index (χ1v) is 6.96. The number of nitrogens with zero attached hydrogens (tertiary/aromatic N) is 2. The van der Waals surface area contributed by atoms with Crippen LogP contribution in [0.2, 0.25) is 0 Å². The van der Waals surface area contributed by atoms with Gasteiger partial charge in [-0.1, -0.05) is 0 Å². The third kappa shape index (κ3) is 2.66. The minimum atomic E-state index is -0.534. The normalized spacial score (nSPS) is 21.0. The summed E-state index contributed by atoms with van der Waals surface area (Å²) in [6.45, 7) is 1.31. The second-order valence-electron chi connectivity index (χ2n) is 5.62. The third-order valence-corrected chi connectivity index (χ3v) is 4.15. The van der Waals surface area contributed by atoms with Gasteiger partial charge in [-0.05, 0) is 18.8 Å². The summed E-state index contributed by atoms with van der Waals surface area (Å²) >= 11 is 0. The van der Waals surface area contributed by atoms with Gasteiger partial charge in [-0.2, -0.15) is 0 Å². The van der Waals surface area contributed by atoms with Crippen molar-refractivity contribution in [2.75, 3.05) is 13.1 Å². The van der Waals surface area contributed by atoms with E-state index in [4.69, 9.17) is 4.42 Å². The maximum atomic E-state index is 12.1. The smallest absolute Gasteiger partial charge is 0.392 e. The average Bonchev–Trinajstić information content (AvgIpc) is 2.84. The molecule has 3 rings (SSSR count). The Morgan fingerprint density at radius 1 is 1.30 bits per heavy atom. The Morgan fingerprint density at radius 3 is 2.55 bits per heavy atom. The second kappa shape index (κ2) is 5.22. The van der Waals surface area contributed by atoms with Crippen molar-refractivity contribution in [3.63, 3.8) is 0 Å². The summed E-state index contributed by atoms with van der Waals surface area (Å²) in [6, 6.07) is 0. The molecule has 0 atom stereocenters. The number of Topliss-reactive ketones (excluding diaryl/α,β-unsaturated/α-hetero) is 1. The van der Waals surface area contributed by atoms with Crippen LogP contribution in [0.4, 0.5) is 0 Å². The molecule has 0 unspecified atom stereocenters. The zero-order valence-electron chi connectivity index (χ0n) is 11.1. The maximum absolute atomic E-state index is 12.1. The zero-order chi connectivity index (χ0) is 14.1. The fourth-order valence-electron chi connectivity index (χ4n) is 2.90. The highest BCUT2D eigenvalue weighted by molar-refractivity contribution is 5.87. The van der Waals surface area contributed by atoms with Crippen LogP contribution in [0, 0.1) is 5.92 Å². The van der Waals surface area contributed by atoms with Gasteiger partial charge in [0.15, 0.2) is 0 Å². The second-order valence-corrected chi connectivity index (χ2v) is 5.62. The number of aromatic nitrogens is 2. The predicted molar refractivity (Wildman–Crippen MR) is 68.0 cm³/mol. The molecule has 108 valence electrons. The molecular weight excluding hydrogens is 262 g/mol. The summed E-state index contributed by atoms with van der Waals surface area (Å²) in [5.74, 6) is 0.639. The Hall–Kier alpha value is -1.92. The summed E-state index contributed by atoms with van der Waals surface area (Å²) in [7, 11) is 0. The molecule has 2 heterocycles. The van der Waals surface area contributed by atoms with E-state index >= 15 is 0 Å². The quantitative estimate of drug-likeness (QED) is 0.866. The monoisotopic (exact) mass is 279 g/mol. The van der Waals surface area contributed by atoms with E-state index in [1.54, 1.807) is 0 Å². The molecule has 2 fully saturated rings. The van der Waals surface area contributed by atoms with Crippen molar-refractivity contribution in [1.82, 2.24) is 15.1 Å². The lowest BCUT2D eigenvalue weighted by Crippen LogP contribution is -2.40. The largest absolute Gasteiger partial charge is 0.434 e. The first-order chi connectivity index (χ1) is 9.61. The molecule has 1 aromatic rings. The molecule has 20 heavy (non-hydrogen) atoms. The predicted octanol–water partition coefficient (Wildman–Crippen LogP) is 0.438. The summed E-state index contributed by atoms with van der Waals surface area (Å²) < 4.78 is 4.96. The molecule has 1 aromatic heterocycles. The Bertz CT molecular complexity index is 560. The van der Waals surface area contributed by atoms with Crippen molar-refractivity contribution in [2.45, 2.75) is 38.0 Å². The molecule has 1 aliphatic heterocycles. The highest BCUT2D eigenvalue weighted by atomic mass is 16.4. The van der Waals surface area contributed by atoms with Gasteiger partial charge in [0.1, 0.15) is 5.78 Å². The number of carbonyl (C=O) groups excluding carboxylic acids is 2. The van der Waals surface area contributed by atoms with Gasteiger partial charge in [-0.25, -0.2) is 9.89 Å². The van der Waals surface area contributed by atoms with Crippen LogP contribution < -0.4 is 5.76 Å². The Morgan fingerprint density at radius 2 is 2.00 bits per heavy atom. The Labute approximate surface area is 115 Å². The first-order valence-electron chi connectivity index (χ1n) is 6.96. The number of rotatable bonds is 3. The number of carbonyl (C=O) groups is 2. The van der Waals surface area contributed by atoms with Crippen molar-refractivity contribution < 1.29 is 14.0 Å². The average molecular weight is 279 g/mol. The number of piperidine rings is 1. The van der Waals surface area contributed by atoms with Gasteiger partial charge < -0.3 is 9.32 Å². The minimum absolute atomic E-state index is 0.100. The van der Waals surface area contributed by atoms with Gasteiger partial charge >= 0.3 is 5.76 Å². The van der Waals surface area contributed by atoms with Gasteiger partial charge in [0.05, 0.1) is 0 Å². The van der Waals surface area contributed by atoms with Crippen LogP contribution in [0.1, 0.15) is 43.9 Å². The lowest BCUT2D eigenvalue weighted by Gasteiger charge is -2.32. The number of aromatic amines is 1. The third-order valence-electron chi connectivity index (χ3n) is 4.15. The molecule has 1 amide bonds. The number of hydrogen-bond acceptors (Lipinski definition) is 5. The summed E-state index contributed by atoms with van der Waals surface area (Å²) in [5.41, 5.74) is 0. The number of amides is 1. The van der Waals surface area contributed by atoms with Crippen LogP contribution in [-0.4, -0.2) is 39.9 Å².